The second kappa shape index (κ2) is 5.55. The summed E-state index contributed by atoms with van der Waals surface area (Å²) in [6.07, 6.45) is 3.64. The van der Waals surface area contributed by atoms with Gasteiger partial charge >= 0.3 is 0 Å². The predicted molar refractivity (Wildman–Crippen MR) is 87.6 cm³/mol. The first-order valence-electron chi connectivity index (χ1n) is 7.29. The van der Waals surface area contributed by atoms with E-state index >= 15 is 0 Å². The van der Waals surface area contributed by atoms with E-state index < -0.39 is 0 Å². The maximum atomic E-state index is 6.01. The molecular formula is C17H15ClN4. The Hall–Kier alpha value is -2.17. The minimum atomic E-state index is 0.736. The van der Waals surface area contributed by atoms with E-state index in [-0.39, 0.29) is 0 Å². The van der Waals surface area contributed by atoms with Crippen molar-refractivity contribution in [3.63, 3.8) is 0 Å². The van der Waals surface area contributed by atoms with Gasteiger partial charge in [-0.2, -0.15) is 5.10 Å². The fourth-order valence-corrected chi connectivity index (χ4v) is 3.01. The lowest BCUT2D eigenvalue weighted by molar-refractivity contribution is 0.477. The predicted octanol–water partition coefficient (Wildman–Crippen LogP) is 3.37. The highest BCUT2D eigenvalue weighted by molar-refractivity contribution is 6.30. The zero-order valence-electron chi connectivity index (χ0n) is 12.0. The Labute approximate surface area is 133 Å². The second-order valence-corrected chi connectivity index (χ2v) is 5.75. The number of nitrogens with one attached hydrogen (secondary N) is 1. The van der Waals surface area contributed by atoms with Crippen molar-refractivity contribution in [3.8, 4) is 22.4 Å². The molecular weight excluding hydrogens is 296 g/mol. The summed E-state index contributed by atoms with van der Waals surface area (Å²) in [5.74, 6) is 0. The molecule has 1 aliphatic rings. The molecule has 1 aromatic carbocycles. The van der Waals surface area contributed by atoms with Crippen molar-refractivity contribution >= 4 is 11.6 Å². The number of pyridine rings is 1. The zero-order valence-corrected chi connectivity index (χ0v) is 12.7. The summed E-state index contributed by atoms with van der Waals surface area (Å²) in [4.78, 5) is 4.12. The van der Waals surface area contributed by atoms with Gasteiger partial charge in [0.15, 0.2) is 0 Å². The van der Waals surface area contributed by atoms with Crippen LogP contribution in [0.1, 0.15) is 5.69 Å². The summed E-state index contributed by atoms with van der Waals surface area (Å²) in [7, 11) is 0. The lowest BCUT2D eigenvalue weighted by Gasteiger charge is -2.16. The second-order valence-electron chi connectivity index (χ2n) is 5.31. The van der Waals surface area contributed by atoms with E-state index in [1.807, 2.05) is 48.8 Å². The van der Waals surface area contributed by atoms with Gasteiger partial charge in [0.1, 0.15) is 5.69 Å². The maximum Gasteiger partial charge on any atom is 0.100 e. The van der Waals surface area contributed by atoms with Crippen LogP contribution in [0.3, 0.4) is 0 Å². The van der Waals surface area contributed by atoms with Crippen LogP contribution in [0, 0.1) is 0 Å². The zero-order chi connectivity index (χ0) is 14.9. The van der Waals surface area contributed by atoms with Crippen LogP contribution in [-0.2, 0) is 13.1 Å². The maximum absolute atomic E-state index is 6.01. The van der Waals surface area contributed by atoms with Gasteiger partial charge < -0.3 is 5.32 Å². The Bertz CT molecular complexity index is 794. The molecule has 0 saturated carbocycles. The molecule has 3 aromatic rings. The van der Waals surface area contributed by atoms with Crippen LogP contribution < -0.4 is 5.32 Å². The Morgan fingerprint density at radius 2 is 1.77 bits per heavy atom. The van der Waals surface area contributed by atoms with Crippen LogP contribution in [0.4, 0.5) is 0 Å². The van der Waals surface area contributed by atoms with Crippen molar-refractivity contribution in [3.05, 3.63) is 59.5 Å². The van der Waals surface area contributed by atoms with Gasteiger partial charge in [-0.15, -0.1) is 0 Å². The highest BCUT2D eigenvalue weighted by atomic mass is 35.5. The number of aromatic nitrogens is 3. The summed E-state index contributed by atoms with van der Waals surface area (Å²) >= 11 is 6.01. The first kappa shape index (κ1) is 13.5. The fraction of sp³-hybridized carbons (Fsp3) is 0.176. The normalized spacial score (nSPS) is 13.9. The van der Waals surface area contributed by atoms with Gasteiger partial charge in [0.2, 0.25) is 0 Å². The third kappa shape index (κ3) is 2.30. The van der Waals surface area contributed by atoms with Gasteiger partial charge in [0, 0.05) is 41.6 Å². The van der Waals surface area contributed by atoms with Gasteiger partial charge in [-0.3, -0.25) is 9.67 Å². The molecule has 0 saturated heterocycles. The molecule has 1 N–H and O–H groups in total. The van der Waals surface area contributed by atoms with E-state index in [1.54, 1.807) is 0 Å². The number of benzene rings is 1. The van der Waals surface area contributed by atoms with E-state index in [4.69, 9.17) is 16.7 Å². The molecule has 22 heavy (non-hydrogen) atoms. The van der Waals surface area contributed by atoms with Crippen LogP contribution in [0.2, 0.25) is 5.02 Å². The van der Waals surface area contributed by atoms with Gasteiger partial charge in [-0.05, 0) is 29.8 Å². The van der Waals surface area contributed by atoms with Crippen LogP contribution in [-0.4, -0.2) is 21.3 Å². The molecule has 0 amide bonds. The lowest BCUT2D eigenvalue weighted by atomic mass is 9.99. The highest BCUT2D eigenvalue weighted by Crippen LogP contribution is 2.35. The van der Waals surface area contributed by atoms with Gasteiger partial charge in [0.05, 0.1) is 12.2 Å². The molecule has 2 aromatic heterocycles. The third-order valence-corrected chi connectivity index (χ3v) is 4.19. The highest BCUT2D eigenvalue weighted by Gasteiger charge is 2.22. The first-order valence-corrected chi connectivity index (χ1v) is 7.67. The Balaban J connectivity index is 1.94. The minimum absolute atomic E-state index is 0.736. The van der Waals surface area contributed by atoms with E-state index in [9.17, 15) is 0 Å². The first-order chi connectivity index (χ1) is 10.8. The number of halogens is 1. The molecule has 110 valence electrons. The standard InChI is InChI=1S/C17H15ClN4/c18-14-3-1-13(2-4-14)17-16(12-5-7-19-8-6-12)15-11-20-9-10-22(15)21-17/h1-8,20H,9-11H2. The average molecular weight is 311 g/mol. The van der Waals surface area contributed by atoms with E-state index in [2.05, 4.69) is 15.0 Å². The largest absolute Gasteiger partial charge is 0.309 e. The van der Waals surface area contributed by atoms with Crippen molar-refractivity contribution in [1.82, 2.24) is 20.1 Å². The molecule has 0 atom stereocenters. The number of fused-ring (bicyclic) bond motifs is 1. The smallest absolute Gasteiger partial charge is 0.100 e. The van der Waals surface area contributed by atoms with Crippen LogP contribution in [0.5, 0.6) is 0 Å². The van der Waals surface area contributed by atoms with Crippen molar-refractivity contribution in [2.45, 2.75) is 13.1 Å². The van der Waals surface area contributed by atoms with Crippen molar-refractivity contribution in [2.24, 2.45) is 0 Å². The third-order valence-electron chi connectivity index (χ3n) is 3.94. The summed E-state index contributed by atoms with van der Waals surface area (Å²) in [6, 6.07) is 11.9. The number of nitrogens with zero attached hydrogens (tertiary/aromatic N) is 3. The molecule has 4 rings (SSSR count). The molecule has 0 radical (unpaired) electrons. The van der Waals surface area contributed by atoms with Crippen molar-refractivity contribution in [2.75, 3.05) is 6.54 Å². The molecule has 0 bridgehead atoms. The van der Waals surface area contributed by atoms with Gasteiger partial charge in [-0.1, -0.05) is 23.7 Å². The van der Waals surface area contributed by atoms with Crippen molar-refractivity contribution in [1.29, 1.82) is 0 Å². The Morgan fingerprint density at radius 1 is 1.00 bits per heavy atom. The number of hydrogen-bond donors (Lipinski definition) is 1. The molecule has 1 aliphatic heterocycles. The lowest BCUT2D eigenvalue weighted by Crippen LogP contribution is -2.28. The van der Waals surface area contributed by atoms with Crippen LogP contribution in [0.25, 0.3) is 22.4 Å². The van der Waals surface area contributed by atoms with Crippen molar-refractivity contribution < 1.29 is 0 Å². The summed E-state index contributed by atoms with van der Waals surface area (Å²) in [5.41, 5.74) is 5.63. The van der Waals surface area contributed by atoms with Crippen LogP contribution in [0.15, 0.2) is 48.8 Å². The molecule has 0 aliphatic carbocycles. The monoisotopic (exact) mass is 310 g/mol. The molecule has 5 heteroatoms. The quantitative estimate of drug-likeness (QED) is 0.789. The summed E-state index contributed by atoms with van der Waals surface area (Å²) < 4.78 is 2.11. The average Bonchev–Trinajstić information content (AvgIpc) is 2.96. The topological polar surface area (TPSA) is 42.7 Å². The van der Waals surface area contributed by atoms with Gasteiger partial charge in [0.25, 0.3) is 0 Å². The molecule has 0 fully saturated rings. The van der Waals surface area contributed by atoms with E-state index in [0.717, 1.165) is 41.5 Å². The molecule has 0 unspecified atom stereocenters. The SMILES string of the molecule is Clc1ccc(-c2nn3c(c2-c2ccncc2)CNCC3)cc1. The minimum Gasteiger partial charge on any atom is -0.309 e. The molecule has 0 spiro atoms. The number of hydrogen-bond acceptors (Lipinski definition) is 3. The van der Waals surface area contributed by atoms with E-state index in [0.29, 0.717) is 0 Å². The van der Waals surface area contributed by atoms with Crippen LogP contribution >= 0.6 is 11.6 Å². The fourth-order valence-electron chi connectivity index (χ4n) is 2.88. The Kier molecular flexibility index (Phi) is 3.41. The van der Waals surface area contributed by atoms with E-state index in [1.165, 1.54) is 11.3 Å². The Morgan fingerprint density at radius 3 is 2.55 bits per heavy atom. The van der Waals surface area contributed by atoms with Gasteiger partial charge in [-0.25, -0.2) is 0 Å². The summed E-state index contributed by atoms with van der Waals surface area (Å²) in [5, 5.41) is 9.00. The number of rotatable bonds is 2. The summed E-state index contributed by atoms with van der Waals surface area (Å²) in [6.45, 7) is 2.67. The molecule has 4 nitrogen and oxygen atoms in total. The molecule has 3 heterocycles.